The van der Waals surface area contributed by atoms with Gasteiger partial charge in [0, 0.05) is 31.9 Å². The highest BCUT2D eigenvalue weighted by molar-refractivity contribution is 6.33. The molecule has 4 rings (SSSR count). The molecule has 0 aliphatic carbocycles. The van der Waals surface area contributed by atoms with E-state index in [-0.39, 0.29) is 17.6 Å². The number of nitrogens with one attached hydrogen (secondary N) is 1. The molecule has 1 N–H and O–H groups in total. The van der Waals surface area contributed by atoms with Crippen molar-refractivity contribution in [2.75, 3.05) is 13.2 Å². The summed E-state index contributed by atoms with van der Waals surface area (Å²) < 4.78 is 13.3. The Kier molecular flexibility index (Phi) is 4.17. The topological polar surface area (TPSA) is 65.4 Å². The van der Waals surface area contributed by atoms with Gasteiger partial charge in [0.25, 0.3) is 5.91 Å². The lowest BCUT2D eigenvalue weighted by molar-refractivity contribution is -0.0639. The van der Waals surface area contributed by atoms with E-state index in [1.165, 1.54) is 10.9 Å². The average molecular weight is 362 g/mol. The molecule has 1 atom stereocenters. The number of rotatable bonds is 2. The van der Waals surface area contributed by atoms with E-state index in [0.29, 0.717) is 30.4 Å². The van der Waals surface area contributed by atoms with Crippen LogP contribution in [0.5, 0.6) is 5.75 Å². The molecule has 1 saturated heterocycles. The lowest BCUT2D eigenvalue weighted by Crippen LogP contribution is -2.48. The Bertz CT molecular complexity index is 779. The van der Waals surface area contributed by atoms with Crippen molar-refractivity contribution >= 4 is 17.5 Å². The fourth-order valence-corrected chi connectivity index (χ4v) is 3.94. The number of fused-ring (bicyclic) bond motifs is 1. The van der Waals surface area contributed by atoms with Crippen LogP contribution in [0.2, 0.25) is 5.02 Å². The molecule has 1 fully saturated rings. The number of para-hydroxylation sites is 1. The predicted molar refractivity (Wildman–Crippen MR) is 92.9 cm³/mol. The van der Waals surface area contributed by atoms with E-state index in [9.17, 15) is 4.79 Å². The van der Waals surface area contributed by atoms with Crippen molar-refractivity contribution in [2.45, 2.75) is 30.9 Å². The van der Waals surface area contributed by atoms with Crippen LogP contribution >= 0.6 is 11.6 Å². The summed E-state index contributed by atoms with van der Waals surface area (Å²) in [7, 11) is 1.71. The highest BCUT2D eigenvalue weighted by Crippen LogP contribution is 2.44. The number of carbonyl (C=O) groups is 1. The van der Waals surface area contributed by atoms with Crippen molar-refractivity contribution in [1.29, 1.82) is 0 Å². The molecule has 132 valence electrons. The van der Waals surface area contributed by atoms with Gasteiger partial charge in [0.2, 0.25) is 0 Å². The van der Waals surface area contributed by atoms with Crippen molar-refractivity contribution < 1.29 is 14.3 Å². The first-order valence-electron chi connectivity index (χ1n) is 8.42. The molecule has 0 saturated carbocycles. The Balaban J connectivity index is 1.64. The zero-order valence-corrected chi connectivity index (χ0v) is 14.8. The van der Waals surface area contributed by atoms with Crippen LogP contribution in [-0.2, 0) is 11.8 Å². The van der Waals surface area contributed by atoms with Crippen LogP contribution < -0.4 is 10.1 Å². The summed E-state index contributed by atoms with van der Waals surface area (Å²) >= 11 is 6.11. The number of nitrogens with zero attached hydrogens (tertiary/aromatic N) is 2. The van der Waals surface area contributed by atoms with E-state index in [2.05, 4.69) is 10.4 Å². The van der Waals surface area contributed by atoms with Gasteiger partial charge >= 0.3 is 0 Å². The highest BCUT2D eigenvalue weighted by Gasteiger charge is 2.42. The highest BCUT2D eigenvalue weighted by atomic mass is 35.5. The molecular weight excluding hydrogens is 342 g/mol. The van der Waals surface area contributed by atoms with Crippen LogP contribution in [0.25, 0.3) is 0 Å². The zero-order valence-electron chi connectivity index (χ0n) is 14.0. The Morgan fingerprint density at radius 2 is 2.12 bits per heavy atom. The third-order valence-corrected chi connectivity index (χ3v) is 5.29. The summed E-state index contributed by atoms with van der Waals surface area (Å²) in [5.41, 5.74) is 1.07. The largest absolute Gasteiger partial charge is 0.487 e. The number of hydrogen-bond acceptors (Lipinski definition) is 4. The van der Waals surface area contributed by atoms with Gasteiger partial charge in [-0.25, -0.2) is 0 Å². The summed E-state index contributed by atoms with van der Waals surface area (Å²) in [4.78, 5) is 12.8. The minimum absolute atomic E-state index is 0.137. The molecule has 1 unspecified atom stereocenters. The third kappa shape index (κ3) is 3.00. The van der Waals surface area contributed by atoms with Gasteiger partial charge in [0.1, 0.15) is 17.0 Å². The molecule has 3 heterocycles. The summed E-state index contributed by atoms with van der Waals surface area (Å²) in [5, 5.41) is 7.51. The minimum atomic E-state index is -0.291. The van der Waals surface area contributed by atoms with Crippen LogP contribution in [0.1, 0.15) is 41.4 Å². The predicted octanol–water partition coefficient (Wildman–Crippen LogP) is 2.88. The Morgan fingerprint density at radius 1 is 1.36 bits per heavy atom. The van der Waals surface area contributed by atoms with E-state index in [1.807, 2.05) is 24.3 Å². The average Bonchev–Trinajstić information content (AvgIpc) is 2.94. The third-order valence-electron chi connectivity index (χ3n) is 5.02. The molecule has 6 nitrogen and oxygen atoms in total. The zero-order chi connectivity index (χ0) is 17.4. The molecule has 2 aromatic rings. The summed E-state index contributed by atoms with van der Waals surface area (Å²) in [6.45, 7) is 1.35. The van der Waals surface area contributed by atoms with Crippen molar-refractivity contribution in [3.63, 3.8) is 0 Å². The Hall–Kier alpha value is -2.05. The Labute approximate surface area is 151 Å². The first-order valence-corrected chi connectivity index (χ1v) is 8.80. The SMILES string of the molecule is Cn1ncc(Cl)c1C(=O)NC1CC2(CCOCC2)Oc2ccccc21. The van der Waals surface area contributed by atoms with Crippen molar-refractivity contribution in [3.8, 4) is 5.75 Å². The molecule has 7 heteroatoms. The van der Waals surface area contributed by atoms with Crippen LogP contribution in [-0.4, -0.2) is 34.5 Å². The van der Waals surface area contributed by atoms with Crippen LogP contribution in [0.15, 0.2) is 30.5 Å². The van der Waals surface area contributed by atoms with Crippen LogP contribution in [0.3, 0.4) is 0 Å². The van der Waals surface area contributed by atoms with Crippen molar-refractivity contribution in [3.05, 3.63) is 46.7 Å². The molecule has 2 aliphatic rings. The quantitative estimate of drug-likeness (QED) is 0.893. The van der Waals surface area contributed by atoms with E-state index in [0.717, 1.165) is 24.2 Å². The first kappa shape index (κ1) is 16.4. The fraction of sp³-hybridized carbons (Fsp3) is 0.444. The monoisotopic (exact) mass is 361 g/mol. The molecule has 0 bridgehead atoms. The number of amides is 1. The minimum Gasteiger partial charge on any atom is -0.487 e. The molecule has 0 radical (unpaired) electrons. The number of carbonyl (C=O) groups excluding carboxylic acids is 1. The summed E-state index contributed by atoms with van der Waals surface area (Å²) in [6, 6.07) is 7.73. The second-order valence-corrected chi connectivity index (χ2v) is 7.04. The second kappa shape index (κ2) is 6.35. The standard InChI is InChI=1S/C18H20ClN3O3/c1-22-16(13(19)11-20-22)17(23)21-14-10-18(6-8-24-9-7-18)25-15-5-3-2-4-12(14)15/h2-5,11,14H,6-10H2,1H3,(H,21,23). The van der Waals surface area contributed by atoms with Gasteiger partial charge in [-0.3, -0.25) is 9.48 Å². The summed E-state index contributed by atoms with van der Waals surface area (Å²) in [5.74, 6) is 0.603. The summed E-state index contributed by atoms with van der Waals surface area (Å²) in [6.07, 6.45) is 3.84. The lowest BCUT2D eigenvalue weighted by atomic mass is 9.82. The van der Waals surface area contributed by atoms with Gasteiger partial charge in [-0.15, -0.1) is 0 Å². The number of aryl methyl sites for hydroxylation is 1. The molecule has 1 spiro atoms. The Morgan fingerprint density at radius 3 is 2.84 bits per heavy atom. The van der Waals surface area contributed by atoms with E-state index >= 15 is 0 Å². The normalized spacial score (nSPS) is 21.4. The maximum Gasteiger partial charge on any atom is 0.271 e. The molecule has 1 aromatic carbocycles. The molecular formula is C18H20ClN3O3. The maximum atomic E-state index is 12.8. The van der Waals surface area contributed by atoms with Crippen LogP contribution in [0.4, 0.5) is 0 Å². The van der Waals surface area contributed by atoms with Gasteiger partial charge < -0.3 is 14.8 Å². The van der Waals surface area contributed by atoms with E-state index in [4.69, 9.17) is 21.1 Å². The fourth-order valence-electron chi connectivity index (χ4n) is 3.69. The molecule has 25 heavy (non-hydrogen) atoms. The smallest absolute Gasteiger partial charge is 0.271 e. The number of benzene rings is 1. The van der Waals surface area contributed by atoms with E-state index < -0.39 is 0 Å². The van der Waals surface area contributed by atoms with Gasteiger partial charge in [0.05, 0.1) is 30.5 Å². The molecule has 1 amide bonds. The van der Waals surface area contributed by atoms with Crippen LogP contribution in [0, 0.1) is 0 Å². The number of hydrogen-bond donors (Lipinski definition) is 1. The number of aromatic nitrogens is 2. The van der Waals surface area contributed by atoms with Gasteiger partial charge in [-0.1, -0.05) is 29.8 Å². The van der Waals surface area contributed by atoms with Gasteiger partial charge in [-0.2, -0.15) is 5.10 Å². The first-order chi connectivity index (χ1) is 12.1. The molecule has 1 aromatic heterocycles. The van der Waals surface area contributed by atoms with Crippen molar-refractivity contribution in [2.24, 2.45) is 7.05 Å². The maximum absolute atomic E-state index is 12.8. The second-order valence-electron chi connectivity index (χ2n) is 6.63. The van der Waals surface area contributed by atoms with Gasteiger partial charge in [-0.05, 0) is 6.07 Å². The number of ether oxygens (including phenoxy) is 2. The van der Waals surface area contributed by atoms with Gasteiger partial charge in [0.15, 0.2) is 0 Å². The van der Waals surface area contributed by atoms with Crippen molar-refractivity contribution in [1.82, 2.24) is 15.1 Å². The number of halogens is 1. The lowest BCUT2D eigenvalue weighted by Gasteiger charge is -2.44. The van der Waals surface area contributed by atoms with E-state index in [1.54, 1.807) is 7.05 Å². The molecule has 2 aliphatic heterocycles.